The van der Waals surface area contributed by atoms with Gasteiger partial charge < -0.3 is 10.4 Å². The van der Waals surface area contributed by atoms with Crippen molar-refractivity contribution in [2.24, 2.45) is 23.2 Å². The molecule has 1 unspecified atom stereocenters. The van der Waals surface area contributed by atoms with Gasteiger partial charge in [0.2, 0.25) is 5.91 Å². The quantitative estimate of drug-likeness (QED) is 0.485. The van der Waals surface area contributed by atoms with E-state index in [0.717, 1.165) is 54.9 Å². The summed E-state index contributed by atoms with van der Waals surface area (Å²) in [5.41, 5.74) is 0.269. The highest BCUT2D eigenvalue weighted by Gasteiger charge is 2.44. The normalized spacial score (nSPS) is 24.3. The number of likely N-dealkylation sites (N-methyl/N-ethyl adjacent to an activating group) is 1. The fourth-order valence-corrected chi connectivity index (χ4v) is 6.09. The van der Waals surface area contributed by atoms with Gasteiger partial charge in [-0.15, -0.1) is 0 Å². The van der Waals surface area contributed by atoms with Gasteiger partial charge in [-0.3, -0.25) is 14.6 Å². The number of hydrogen-bond donors (Lipinski definition) is 2. The molecule has 9 heteroatoms. The summed E-state index contributed by atoms with van der Waals surface area (Å²) in [4.78, 5) is 28.4. The van der Waals surface area contributed by atoms with E-state index in [4.69, 9.17) is 0 Å². The predicted molar refractivity (Wildman–Crippen MR) is 132 cm³/mol. The minimum Gasteiger partial charge on any atom is -0.465 e. The molecule has 0 aromatic heterocycles. The number of amides is 2. The average molecular weight is 512 g/mol. The van der Waals surface area contributed by atoms with Crippen molar-refractivity contribution in [2.75, 3.05) is 20.1 Å². The third-order valence-electron chi connectivity index (χ3n) is 7.61. The molecule has 1 saturated heterocycles. The van der Waals surface area contributed by atoms with Crippen molar-refractivity contribution in [3.63, 3.8) is 0 Å². The van der Waals surface area contributed by atoms with Crippen LogP contribution in [0.1, 0.15) is 64.5 Å². The molecule has 2 N–H and O–H groups in total. The Morgan fingerprint density at radius 1 is 1.14 bits per heavy atom. The Bertz CT molecular complexity index is 914. The molecule has 0 bridgehead atoms. The molecule has 1 saturated carbocycles. The maximum Gasteiger partial charge on any atom is 0.416 e. The first kappa shape index (κ1) is 28.3. The van der Waals surface area contributed by atoms with E-state index in [-0.39, 0.29) is 29.2 Å². The molecular weight excluding hydrogens is 471 g/mol. The molecule has 2 fully saturated rings. The standard InChI is InChI=1S/C27H40F3N3O3/c1-17(13-26(2,3)4)12-23(32(5)25(35)36)24(34)31-22-11-8-19-15-33(16-21(19)22)14-18-6-9-20(10-7-18)27(28,29)30/h6-7,9-10,17,19,21-23H,8,11-16H2,1-5H3,(H,31,34)(H,35,36)/t17?,19-,21+,22+,23-/m0/s1. The Morgan fingerprint density at radius 3 is 2.33 bits per heavy atom. The number of rotatable bonds is 8. The summed E-state index contributed by atoms with van der Waals surface area (Å²) < 4.78 is 38.5. The van der Waals surface area contributed by atoms with Crippen LogP contribution in [0.5, 0.6) is 0 Å². The summed E-state index contributed by atoms with van der Waals surface area (Å²) in [6, 6.07) is 4.53. The van der Waals surface area contributed by atoms with Crippen molar-refractivity contribution in [3.8, 4) is 0 Å². The van der Waals surface area contributed by atoms with Crippen LogP contribution in [0.3, 0.4) is 0 Å². The summed E-state index contributed by atoms with van der Waals surface area (Å²) >= 11 is 0. The number of alkyl halides is 3. The molecule has 3 rings (SSSR count). The molecule has 202 valence electrons. The monoisotopic (exact) mass is 511 g/mol. The zero-order valence-corrected chi connectivity index (χ0v) is 21.9. The first-order valence-electron chi connectivity index (χ1n) is 12.8. The second kappa shape index (κ2) is 11.0. The zero-order chi connectivity index (χ0) is 26.8. The molecule has 6 nitrogen and oxygen atoms in total. The first-order chi connectivity index (χ1) is 16.6. The minimum atomic E-state index is -4.34. The van der Waals surface area contributed by atoms with Gasteiger partial charge >= 0.3 is 12.3 Å². The third-order valence-corrected chi connectivity index (χ3v) is 7.61. The molecule has 0 spiro atoms. The summed E-state index contributed by atoms with van der Waals surface area (Å²) in [7, 11) is 1.45. The summed E-state index contributed by atoms with van der Waals surface area (Å²) in [6.45, 7) is 10.6. The Balaban J connectivity index is 1.60. The van der Waals surface area contributed by atoms with E-state index in [1.807, 2.05) is 0 Å². The van der Waals surface area contributed by atoms with Crippen molar-refractivity contribution >= 4 is 12.0 Å². The molecular formula is C27H40F3N3O3. The minimum absolute atomic E-state index is 0.0253. The smallest absolute Gasteiger partial charge is 0.416 e. The Labute approximate surface area is 212 Å². The number of halogens is 3. The molecule has 5 atom stereocenters. The number of nitrogens with one attached hydrogen (secondary N) is 1. The lowest BCUT2D eigenvalue weighted by molar-refractivity contribution is -0.137. The van der Waals surface area contributed by atoms with E-state index in [1.165, 1.54) is 19.2 Å². The number of likely N-dealkylation sites (tertiary alicyclic amines) is 1. The Hall–Kier alpha value is -2.29. The van der Waals surface area contributed by atoms with Crippen LogP contribution in [0.25, 0.3) is 0 Å². The van der Waals surface area contributed by atoms with Gasteiger partial charge in [-0.25, -0.2) is 4.79 Å². The number of carbonyl (C=O) groups is 2. The SMILES string of the molecule is CC(C[C@@H](C(=O)N[C@@H]1CC[C@H]2CN(Cc3ccc(C(F)(F)F)cc3)C[C@H]21)N(C)C(=O)O)CC(C)(C)C. The number of nitrogens with zero attached hydrogens (tertiary/aromatic N) is 2. The van der Waals surface area contributed by atoms with Gasteiger partial charge in [0.05, 0.1) is 5.56 Å². The van der Waals surface area contributed by atoms with Crippen LogP contribution < -0.4 is 5.32 Å². The van der Waals surface area contributed by atoms with Gasteiger partial charge in [-0.05, 0) is 66.5 Å². The number of fused-ring (bicyclic) bond motifs is 1. The van der Waals surface area contributed by atoms with E-state index >= 15 is 0 Å². The van der Waals surface area contributed by atoms with E-state index in [1.54, 1.807) is 0 Å². The van der Waals surface area contributed by atoms with Crippen LogP contribution in [0.2, 0.25) is 0 Å². The molecule has 1 aromatic carbocycles. The average Bonchev–Trinajstić information content (AvgIpc) is 3.31. The van der Waals surface area contributed by atoms with Gasteiger partial charge in [-0.1, -0.05) is 39.8 Å². The lowest BCUT2D eigenvalue weighted by atomic mass is 9.82. The van der Waals surface area contributed by atoms with Crippen LogP contribution in [-0.4, -0.2) is 59.1 Å². The maximum atomic E-state index is 13.3. The third kappa shape index (κ3) is 7.37. The van der Waals surface area contributed by atoms with Crippen molar-refractivity contribution in [1.29, 1.82) is 0 Å². The molecule has 0 radical (unpaired) electrons. The molecule has 2 amide bonds. The van der Waals surface area contributed by atoms with Crippen molar-refractivity contribution in [2.45, 2.75) is 78.2 Å². The molecule has 1 aromatic rings. The Kier molecular flexibility index (Phi) is 8.63. The van der Waals surface area contributed by atoms with Crippen LogP contribution in [0.15, 0.2) is 24.3 Å². The second-order valence-corrected chi connectivity index (χ2v) is 12.0. The number of carbonyl (C=O) groups excluding carboxylic acids is 1. The predicted octanol–water partition coefficient (Wildman–Crippen LogP) is 5.47. The van der Waals surface area contributed by atoms with Gasteiger partial charge in [0, 0.05) is 32.7 Å². The van der Waals surface area contributed by atoms with Crippen molar-refractivity contribution < 1.29 is 27.9 Å². The van der Waals surface area contributed by atoms with Crippen LogP contribution in [-0.2, 0) is 17.5 Å². The van der Waals surface area contributed by atoms with E-state index in [2.05, 4.69) is 37.9 Å². The van der Waals surface area contributed by atoms with E-state index in [0.29, 0.717) is 18.9 Å². The molecule has 1 heterocycles. The van der Waals surface area contributed by atoms with E-state index in [9.17, 15) is 27.9 Å². The highest BCUT2D eigenvalue weighted by molar-refractivity contribution is 5.85. The molecule has 1 aliphatic heterocycles. The van der Waals surface area contributed by atoms with Gasteiger partial charge in [0.1, 0.15) is 6.04 Å². The summed E-state index contributed by atoms with van der Waals surface area (Å²) in [5.74, 6) is 0.614. The van der Waals surface area contributed by atoms with Gasteiger partial charge in [0.25, 0.3) is 0 Å². The topological polar surface area (TPSA) is 72.9 Å². The zero-order valence-electron chi connectivity index (χ0n) is 21.9. The molecule has 2 aliphatic rings. The molecule has 1 aliphatic carbocycles. The summed E-state index contributed by atoms with van der Waals surface area (Å²) in [5, 5.41) is 12.7. The van der Waals surface area contributed by atoms with Crippen molar-refractivity contribution in [1.82, 2.24) is 15.1 Å². The summed E-state index contributed by atoms with van der Waals surface area (Å²) in [6.07, 6.45) is -2.28. The highest BCUT2D eigenvalue weighted by atomic mass is 19.4. The fourth-order valence-electron chi connectivity index (χ4n) is 6.09. The maximum absolute atomic E-state index is 13.3. The number of carboxylic acid groups (broad SMARTS) is 1. The fraction of sp³-hybridized carbons (Fsp3) is 0.704. The largest absolute Gasteiger partial charge is 0.465 e. The highest BCUT2D eigenvalue weighted by Crippen LogP contribution is 2.39. The lowest BCUT2D eigenvalue weighted by Crippen LogP contribution is -2.52. The van der Waals surface area contributed by atoms with Gasteiger partial charge in [0.15, 0.2) is 0 Å². The van der Waals surface area contributed by atoms with Crippen LogP contribution in [0.4, 0.5) is 18.0 Å². The van der Waals surface area contributed by atoms with Crippen LogP contribution in [0, 0.1) is 23.2 Å². The second-order valence-electron chi connectivity index (χ2n) is 12.0. The number of hydrogen-bond acceptors (Lipinski definition) is 3. The number of benzene rings is 1. The first-order valence-corrected chi connectivity index (χ1v) is 12.8. The van der Waals surface area contributed by atoms with Crippen molar-refractivity contribution in [3.05, 3.63) is 35.4 Å². The van der Waals surface area contributed by atoms with Crippen LogP contribution >= 0.6 is 0 Å². The Morgan fingerprint density at radius 2 is 1.78 bits per heavy atom. The lowest BCUT2D eigenvalue weighted by Gasteiger charge is -2.31. The molecule has 36 heavy (non-hydrogen) atoms. The van der Waals surface area contributed by atoms with E-state index < -0.39 is 23.9 Å². The van der Waals surface area contributed by atoms with Gasteiger partial charge in [-0.2, -0.15) is 13.2 Å².